The van der Waals surface area contributed by atoms with Crippen molar-refractivity contribution in [2.75, 3.05) is 5.32 Å². The maximum absolute atomic E-state index is 13.3. The normalized spacial score (nSPS) is 17.5. The fourth-order valence-corrected chi connectivity index (χ4v) is 2.89. The van der Waals surface area contributed by atoms with E-state index in [0.717, 1.165) is 11.4 Å². The summed E-state index contributed by atoms with van der Waals surface area (Å²) in [5, 5.41) is 16.7. The van der Waals surface area contributed by atoms with Gasteiger partial charge in [0.2, 0.25) is 5.92 Å². The van der Waals surface area contributed by atoms with Crippen LogP contribution >= 0.6 is 0 Å². The van der Waals surface area contributed by atoms with Crippen LogP contribution in [0.2, 0.25) is 0 Å². The molecule has 1 aliphatic rings. The Morgan fingerprint density at radius 3 is 2.54 bits per heavy atom. The molecule has 126 valence electrons. The van der Waals surface area contributed by atoms with E-state index in [1.54, 1.807) is 4.68 Å². The highest BCUT2D eigenvalue weighted by Gasteiger charge is 2.35. The van der Waals surface area contributed by atoms with Gasteiger partial charge < -0.3 is 5.32 Å². The van der Waals surface area contributed by atoms with Crippen molar-refractivity contribution in [3.63, 3.8) is 0 Å². The lowest BCUT2D eigenvalue weighted by Crippen LogP contribution is -2.32. The zero-order valence-electron chi connectivity index (χ0n) is 13.6. The molecule has 1 saturated carbocycles. The van der Waals surface area contributed by atoms with Crippen LogP contribution in [0.4, 0.5) is 14.6 Å². The summed E-state index contributed by atoms with van der Waals surface area (Å²) in [6.45, 7) is 3.73. The quantitative estimate of drug-likeness (QED) is 0.934. The van der Waals surface area contributed by atoms with E-state index in [0.29, 0.717) is 24.6 Å². The van der Waals surface area contributed by atoms with Crippen LogP contribution in [0.25, 0.3) is 5.95 Å². The lowest BCUT2D eigenvalue weighted by molar-refractivity contribution is -0.0361. The number of anilines is 1. The zero-order chi connectivity index (χ0) is 17.3. The van der Waals surface area contributed by atoms with E-state index in [4.69, 9.17) is 0 Å². The van der Waals surface area contributed by atoms with E-state index in [-0.39, 0.29) is 24.6 Å². The second-order valence-corrected chi connectivity index (χ2v) is 6.16. The van der Waals surface area contributed by atoms with E-state index in [1.807, 2.05) is 26.0 Å². The van der Waals surface area contributed by atoms with Gasteiger partial charge in [-0.1, -0.05) is 0 Å². The van der Waals surface area contributed by atoms with Crippen LogP contribution in [0.3, 0.4) is 0 Å². The first-order valence-corrected chi connectivity index (χ1v) is 7.83. The second-order valence-electron chi connectivity index (χ2n) is 6.16. The Kier molecular flexibility index (Phi) is 4.18. The molecular formula is C16H18F2N6. The molecule has 0 radical (unpaired) electrons. The minimum atomic E-state index is -2.57. The highest BCUT2D eigenvalue weighted by atomic mass is 19.3. The molecule has 1 fully saturated rings. The number of nitrogens with zero attached hydrogens (tertiary/aromatic N) is 5. The number of nitriles is 1. The molecular weight excluding hydrogens is 314 g/mol. The van der Waals surface area contributed by atoms with Crippen molar-refractivity contribution in [1.29, 1.82) is 5.26 Å². The molecule has 0 aliphatic heterocycles. The van der Waals surface area contributed by atoms with Gasteiger partial charge >= 0.3 is 0 Å². The standard InChI is InChI=1S/C16H18F2N6/c1-10-7-11(2)24(23-10)15-21-13(9-19)8-14(22-15)20-12-3-5-16(17,18)6-4-12/h7-8,12H,3-6H2,1-2H3,(H,20,21,22). The van der Waals surface area contributed by atoms with Gasteiger partial charge in [-0.2, -0.15) is 15.3 Å². The fourth-order valence-electron chi connectivity index (χ4n) is 2.89. The van der Waals surface area contributed by atoms with E-state index in [2.05, 4.69) is 20.4 Å². The molecule has 0 aromatic carbocycles. The summed E-state index contributed by atoms with van der Waals surface area (Å²) < 4.78 is 28.1. The summed E-state index contributed by atoms with van der Waals surface area (Å²) in [6, 6.07) is 5.34. The Labute approximate surface area is 138 Å². The second kappa shape index (κ2) is 6.15. The third-order valence-corrected chi connectivity index (χ3v) is 4.10. The van der Waals surface area contributed by atoms with Gasteiger partial charge in [0.1, 0.15) is 17.6 Å². The van der Waals surface area contributed by atoms with Crippen molar-refractivity contribution < 1.29 is 8.78 Å². The Bertz CT molecular complexity index is 782. The molecule has 2 aromatic rings. The number of aromatic nitrogens is 4. The number of halogens is 2. The predicted molar refractivity (Wildman–Crippen MR) is 84.2 cm³/mol. The molecule has 0 saturated heterocycles. The molecule has 0 atom stereocenters. The Balaban J connectivity index is 1.85. The molecule has 0 amide bonds. The van der Waals surface area contributed by atoms with Crippen molar-refractivity contribution >= 4 is 5.82 Å². The van der Waals surface area contributed by atoms with Gasteiger partial charge in [0.25, 0.3) is 5.95 Å². The molecule has 24 heavy (non-hydrogen) atoms. The van der Waals surface area contributed by atoms with Crippen molar-refractivity contribution in [2.24, 2.45) is 0 Å². The first kappa shape index (κ1) is 16.3. The minimum Gasteiger partial charge on any atom is -0.367 e. The predicted octanol–water partition coefficient (Wildman–Crippen LogP) is 3.14. The average Bonchev–Trinajstić information content (AvgIpc) is 2.88. The third kappa shape index (κ3) is 3.50. The summed E-state index contributed by atoms with van der Waals surface area (Å²) in [5.74, 6) is -1.82. The van der Waals surface area contributed by atoms with Crippen molar-refractivity contribution in [3.05, 3.63) is 29.2 Å². The SMILES string of the molecule is Cc1cc(C)n(-c2nc(C#N)cc(NC3CCC(F)(F)CC3)n2)n1. The molecule has 0 bridgehead atoms. The number of rotatable bonds is 3. The van der Waals surface area contributed by atoms with E-state index in [9.17, 15) is 14.0 Å². The monoisotopic (exact) mass is 332 g/mol. The number of aryl methyl sites for hydroxylation is 2. The molecule has 0 spiro atoms. The van der Waals surface area contributed by atoms with Crippen LogP contribution in [-0.2, 0) is 0 Å². The van der Waals surface area contributed by atoms with Gasteiger partial charge in [-0.3, -0.25) is 0 Å². The zero-order valence-corrected chi connectivity index (χ0v) is 13.6. The third-order valence-electron chi connectivity index (χ3n) is 4.10. The summed E-state index contributed by atoms with van der Waals surface area (Å²) in [6.07, 6.45) is 0.471. The Morgan fingerprint density at radius 1 is 1.25 bits per heavy atom. The number of hydrogen-bond donors (Lipinski definition) is 1. The van der Waals surface area contributed by atoms with Gasteiger partial charge in [0, 0.05) is 30.6 Å². The largest absolute Gasteiger partial charge is 0.367 e. The highest BCUT2D eigenvalue weighted by molar-refractivity contribution is 5.43. The summed E-state index contributed by atoms with van der Waals surface area (Å²) in [7, 11) is 0. The number of alkyl halides is 2. The van der Waals surface area contributed by atoms with Crippen molar-refractivity contribution in [1.82, 2.24) is 19.7 Å². The summed E-state index contributed by atoms with van der Waals surface area (Å²) in [5.41, 5.74) is 1.88. The van der Waals surface area contributed by atoms with Crippen LogP contribution in [0, 0.1) is 25.2 Å². The van der Waals surface area contributed by atoms with Crippen LogP contribution in [0.1, 0.15) is 42.8 Å². The maximum atomic E-state index is 13.3. The van der Waals surface area contributed by atoms with Gasteiger partial charge in [-0.05, 0) is 32.8 Å². The average molecular weight is 332 g/mol. The van der Waals surface area contributed by atoms with Crippen molar-refractivity contribution in [2.45, 2.75) is 51.5 Å². The molecule has 1 aliphatic carbocycles. The van der Waals surface area contributed by atoms with Crippen LogP contribution in [-0.4, -0.2) is 31.7 Å². The summed E-state index contributed by atoms with van der Waals surface area (Å²) in [4.78, 5) is 8.58. The maximum Gasteiger partial charge on any atom is 0.254 e. The Hall–Kier alpha value is -2.56. The molecule has 0 unspecified atom stereocenters. The first-order valence-electron chi connectivity index (χ1n) is 7.83. The van der Waals surface area contributed by atoms with Gasteiger partial charge in [-0.15, -0.1) is 0 Å². The molecule has 2 aromatic heterocycles. The molecule has 8 heteroatoms. The molecule has 2 heterocycles. The molecule has 1 N–H and O–H groups in total. The van der Waals surface area contributed by atoms with Crippen LogP contribution < -0.4 is 5.32 Å². The molecule has 3 rings (SSSR count). The summed E-state index contributed by atoms with van der Waals surface area (Å²) >= 11 is 0. The number of hydrogen-bond acceptors (Lipinski definition) is 5. The minimum absolute atomic E-state index is 0.0839. The topological polar surface area (TPSA) is 79.4 Å². The Morgan fingerprint density at radius 2 is 1.96 bits per heavy atom. The van der Waals surface area contributed by atoms with Crippen LogP contribution in [0.5, 0.6) is 0 Å². The van der Waals surface area contributed by atoms with E-state index in [1.165, 1.54) is 6.07 Å². The highest BCUT2D eigenvalue weighted by Crippen LogP contribution is 2.34. The fraction of sp³-hybridized carbons (Fsp3) is 0.500. The van der Waals surface area contributed by atoms with E-state index < -0.39 is 5.92 Å². The van der Waals surface area contributed by atoms with Gasteiger partial charge in [0.05, 0.1) is 5.69 Å². The lowest BCUT2D eigenvalue weighted by Gasteiger charge is -2.29. The van der Waals surface area contributed by atoms with Gasteiger partial charge in [-0.25, -0.2) is 18.4 Å². The van der Waals surface area contributed by atoms with E-state index >= 15 is 0 Å². The van der Waals surface area contributed by atoms with Crippen molar-refractivity contribution in [3.8, 4) is 12.0 Å². The number of nitrogens with one attached hydrogen (secondary N) is 1. The van der Waals surface area contributed by atoms with Gasteiger partial charge in [0.15, 0.2) is 0 Å². The molecule has 6 nitrogen and oxygen atoms in total. The smallest absolute Gasteiger partial charge is 0.254 e. The van der Waals surface area contributed by atoms with Crippen LogP contribution in [0.15, 0.2) is 12.1 Å². The first-order chi connectivity index (χ1) is 11.4. The lowest BCUT2D eigenvalue weighted by atomic mass is 9.92.